The maximum atomic E-state index is 16.0. The molecule has 0 N–H and O–H groups in total. The Morgan fingerprint density at radius 2 is 1.61 bits per heavy atom. The van der Waals surface area contributed by atoms with Crippen LogP contribution in [0.1, 0.15) is 17.4 Å². The summed E-state index contributed by atoms with van der Waals surface area (Å²) in [5.41, 5.74) is 0.823. The molecule has 3 nitrogen and oxygen atoms in total. The fourth-order valence-electron chi connectivity index (χ4n) is 3.72. The number of benzene rings is 3. The Morgan fingerprint density at radius 3 is 2.36 bits per heavy atom. The van der Waals surface area contributed by atoms with Crippen molar-refractivity contribution in [2.24, 2.45) is 0 Å². The van der Waals surface area contributed by atoms with Crippen LogP contribution >= 0.6 is 23.2 Å². The minimum absolute atomic E-state index is 0.101. The quantitative estimate of drug-likeness (QED) is 0.450. The first-order valence-electron chi connectivity index (χ1n) is 8.57. The second-order valence-corrected chi connectivity index (χ2v) is 7.44. The van der Waals surface area contributed by atoms with Crippen LogP contribution in [-0.4, -0.2) is 6.05 Å². The summed E-state index contributed by atoms with van der Waals surface area (Å²) in [6.07, 6.45) is -1.08. The molecule has 2 heterocycles. The van der Waals surface area contributed by atoms with E-state index in [9.17, 15) is 0 Å². The van der Waals surface area contributed by atoms with Crippen LogP contribution in [0.15, 0.2) is 72.8 Å². The molecule has 2 aliphatic heterocycles. The van der Waals surface area contributed by atoms with Crippen molar-refractivity contribution >= 4 is 28.9 Å². The summed E-state index contributed by atoms with van der Waals surface area (Å²) in [6.45, 7) is 0. The fourth-order valence-corrected chi connectivity index (χ4v) is 4.22. The van der Waals surface area contributed by atoms with Crippen LogP contribution in [0.5, 0.6) is 5.75 Å². The molecule has 2 aliphatic rings. The van der Waals surface area contributed by atoms with E-state index in [1.165, 1.54) is 18.2 Å². The zero-order valence-electron chi connectivity index (χ0n) is 14.3. The van der Waals surface area contributed by atoms with Gasteiger partial charge in [-0.25, -0.2) is 0 Å². The normalized spacial score (nSPS) is 24.6. The zero-order valence-corrected chi connectivity index (χ0v) is 15.8. The van der Waals surface area contributed by atoms with Gasteiger partial charge in [0.25, 0.3) is 0 Å². The number of fused-ring (bicyclic) bond motifs is 4. The number of hydrogen-bond acceptors (Lipinski definition) is 3. The van der Waals surface area contributed by atoms with E-state index in [0.717, 1.165) is 4.90 Å². The van der Waals surface area contributed by atoms with Crippen molar-refractivity contribution in [3.05, 3.63) is 94.0 Å². The van der Waals surface area contributed by atoms with Crippen LogP contribution in [0.2, 0.25) is 10.0 Å². The van der Waals surface area contributed by atoms with Crippen LogP contribution in [-0.2, 0) is 10.5 Å². The summed E-state index contributed by atoms with van der Waals surface area (Å²) in [5, 5.41) is 0.457. The largest absolute Gasteiger partial charge is 0.450 e. The molecule has 0 aliphatic carbocycles. The molecule has 0 saturated carbocycles. The van der Waals surface area contributed by atoms with Crippen molar-refractivity contribution in [1.29, 1.82) is 0 Å². The molecular formula is C21H13Cl2F2NO2. The minimum atomic E-state index is -3.56. The monoisotopic (exact) mass is 419 g/mol. The van der Waals surface area contributed by atoms with E-state index in [0.29, 0.717) is 16.3 Å². The number of para-hydroxylation sites is 1. The van der Waals surface area contributed by atoms with Crippen LogP contribution in [0.3, 0.4) is 0 Å². The molecule has 1 saturated heterocycles. The van der Waals surface area contributed by atoms with E-state index < -0.39 is 18.1 Å². The van der Waals surface area contributed by atoms with Crippen molar-refractivity contribution in [3.63, 3.8) is 0 Å². The number of alkyl halides is 2. The van der Waals surface area contributed by atoms with E-state index in [4.69, 9.17) is 32.7 Å². The first-order chi connectivity index (χ1) is 13.4. The second-order valence-electron chi connectivity index (χ2n) is 6.60. The molecule has 3 aromatic carbocycles. The van der Waals surface area contributed by atoms with Gasteiger partial charge in [-0.05, 0) is 24.3 Å². The zero-order chi connectivity index (χ0) is 19.5. The van der Waals surface area contributed by atoms with Crippen LogP contribution in [0.25, 0.3) is 0 Å². The molecule has 0 spiro atoms. The van der Waals surface area contributed by atoms with Crippen LogP contribution in [0, 0.1) is 0 Å². The molecule has 1 fully saturated rings. The number of hydrogen-bond donors (Lipinski definition) is 0. The highest BCUT2D eigenvalue weighted by Crippen LogP contribution is 2.62. The third-order valence-electron chi connectivity index (χ3n) is 4.97. The van der Waals surface area contributed by atoms with E-state index in [1.807, 2.05) is 0 Å². The van der Waals surface area contributed by atoms with Gasteiger partial charge in [0.1, 0.15) is 5.75 Å². The summed E-state index contributed by atoms with van der Waals surface area (Å²) in [6, 6.07) is 15.9. The predicted molar refractivity (Wildman–Crippen MR) is 103 cm³/mol. The Balaban J connectivity index is 1.77. The number of anilines is 1. The van der Waals surface area contributed by atoms with Gasteiger partial charge in [0.15, 0.2) is 6.23 Å². The van der Waals surface area contributed by atoms with Crippen molar-refractivity contribution in [3.8, 4) is 5.75 Å². The lowest BCUT2D eigenvalue weighted by atomic mass is 10.0. The SMILES string of the molecule is FC1(F)N(c2ccc(Cl)cc2Cl)[C@H]2O[C@]1(c1ccccc1)Oc1ccccc12. The van der Waals surface area contributed by atoms with Crippen LogP contribution < -0.4 is 9.64 Å². The lowest BCUT2D eigenvalue weighted by molar-refractivity contribution is -0.280. The van der Waals surface area contributed by atoms with E-state index in [2.05, 4.69) is 0 Å². The van der Waals surface area contributed by atoms with Crippen molar-refractivity contribution in [2.75, 3.05) is 4.90 Å². The van der Waals surface area contributed by atoms with Crippen molar-refractivity contribution < 1.29 is 18.3 Å². The van der Waals surface area contributed by atoms with Crippen molar-refractivity contribution in [1.82, 2.24) is 0 Å². The van der Waals surface area contributed by atoms with Gasteiger partial charge >= 0.3 is 11.8 Å². The highest BCUT2D eigenvalue weighted by atomic mass is 35.5. The molecule has 0 amide bonds. The Morgan fingerprint density at radius 1 is 0.893 bits per heavy atom. The number of ether oxygens (including phenoxy) is 2. The van der Waals surface area contributed by atoms with E-state index in [1.54, 1.807) is 54.6 Å². The molecule has 5 rings (SSSR count). The third-order valence-corrected chi connectivity index (χ3v) is 5.51. The van der Waals surface area contributed by atoms with Gasteiger partial charge in [-0.15, -0.1) is 0 Å². The fraction of sp³-hybridized carbons (Fsp3) is 0.143. The summed E-state index contributed by atoms with van der Waals surface area (Å²) in [5.74, 6) is -1.97. The highest BCUT2D eigenvalue weighted by Gasteiger charge is 2.73. The Kier molecular flexibility index (Phi) is 3.85. The van der Waals surface area contributed by atoms with Crippen molar-refractivity contribution in [2.45, 2.75) is 18.1 Å². The lowest BCUT2D eigenvalue weighted by Gasteiger charge is -2.36. The van der Waals surface area contributed by atoms with Gasteiger partial charge in [0.05, 0.1) is 10.7 Å². The van der Waals surface area contributed by atoms with Gasteiger partial charge < -0.3 is 9.47 Å². The Labute approximate surface area is 170 Å². The van der Waals surface area contributed by atoms with E-state index >= 15 is 8.78 Å². The molecule has 7 heteroatoms. The number of nitrogens with zero attached hydrogens (tertiary/aromatic N) is 1. The standard InChI is InChI=1S/C21H13Cl2F2NO2/c22-14-10-11-17(16(23)12-14)26-19-15-8-4-5-9-18(15)27-20(28-19,21(26,24)25)13-6-2-1-3-7-13/h1-12,19H/t19-,20-/m0/s1. The number of rotatable bonds is 2. The van der Waals surface area contributed by atoms with Crippen LogP contribution in [0.4, 0.5) is 14.5 Å². The minimum Gasteiger partial charge on any atom is -0.450 e. The molecule has 142 valence electrons. The maximum Gasteiger partial charge on any atom is 0.397 e. The molecular weight excluding hydrogens is 407 g/mol. The maximum absolute atomic E-state index is 16.0. The first-order valence-corrected chi connectivity index (χ1v) is 9.33. The van der Waals surface area contributed by atoms with Gasteiger partial charge in [0.2, 0.25) is 0 Å². The first kappa shape index (κ1) is 17.7. The summed E-state index contributed by atoms with van der Waals surface area (Å²) >= 11 is 12.3. The predicted octanol–water partition coefficient (Wildman–Crippen LogP) is 6.37. The molecule has 2 bridgehead atoms. The number of halogens is 4. The average Bonchev–Trinajstić information content (AvgIpc) is 2.88. The topological polar surface area (TPSA) is 21.7 Å². The molecule has 0 aromatic heterocycles. The summed E-state index contributed by atoms with van der Waals surface area (Å²) in [4.78, 5) is 0.866. The van der Waals surface area contributed by atoms with Gasteiger partial charge in [0, 0.05) is 16.1 Å². The molecule has 3 aromatic rings. The molecule has 2 atom stereocenters. The molecule has 28 heavy (non-hydrogen) atoms. The second kappa shape index (κ2) is 6.08. The van der Waals surface area contributed by atoms with E-state index in [-0.39, 0.29) is 16.3 Å². The average molecular weight is 420 g/mol. The summed E-state index contributed by atoms with van der Waals surface area (Å²) in [7, 11) is 0. The molecule has 0 radical (unpaired) electrons. The van der Waals surface area contributed by atoms with Gasteiger partial charge in [-0.2, -0.15) is 8.78 Å². The molecule has 0 unspecified atom stereocenters. The lowest BCUT2D eigenvalue weighted by Crippen LogP contribution is -2.53. The summed E-state index contributed by atoms with van der Waals surface area (Å²) < 4.78 is 43.8. The smallest absolute Gasteiger partial charge is 0.397 e. The third kappa shape index (κ3) is 2.30. The van der Waals surface area contributed by atoms with Gasteiger partial charge in [-0.1, -0.05) is 71.7 Å². The highest BCUT2D eigenvalue weighted by molar-refractivity contribution is 6.36. The Hall–Kier alpha value is -2.34. The van der Waals surface area contributed by atoms with Gasteiger partial charge in [-0.3, -0.25) is 4.90 Å². The Bertz CT molecular complexity index is 1060.